The van der Waals surface area contributed by atoms with Gasteiger partial charge in [0.1, 0.15) is 0 Å². The SMILES string of the molecule is CCCCCCCCCCCCCCCCCCNc1ccc(C=Cc2ccc(NCCCCCCCCCCCCCCCCCC)cc2)cc1. The molecule has 0 bridgehead atoms. The fourth-order valence-corrected chi connectivity index (χ4v) is 7.43. The molecule has 2 aromatic carbocycles. The number of hydrogen-bond donors (Lipinski definition) is 2. The van der Waals surface area contributed by atoms with Crippen molar-refractivity contribution in [3.8, 4) is 0 Å². The number of hydrogen-bond acceptors (Lipinski definition) is 2. The summed E-state index contributed by atoms with van der Waals surface area (Å²) < 4.78 is 0. The lowest BCUT2D eigenvalue weighted by atomic mass is 10.0. The molecule has 2 heteroatoms. The summed E-state index contributed by atoms with van der Waals surface area (Å²) in [5.41, 5.74) is 4.97. The molecule has 0 atom stereocenters. The van der Waals surface area contributed by atoms with Crippen LogP contribution in [-0.2, 0) is 0 Å². The van der Waals surface area contributed by atoms with E-state index in [1.54, 1.807) is 0 Å². The number of unbranched alkanes of at least 4 members (excludes halogenated alkanes) is 30. The predicted molar refractivity (Wildman–Crippen MR) is 238 cm³/mol. The average molecular weight is 715 g/mol. The van der Waals surface area contributed by atoms with Crippen molar-refractivity contribution in [2.45, 2.75) is 219 Å². The molecule has 0 aromatic heterocycles. The summed E-state index contributed by atoms with van der Waals surface area (Å²) in [6.45, 7) is 6.76. The molecule has 2 rings (SSSR count). The normalized spacial score (nSPS) is 11.5. The van der Waals surface area contributed by atoms with Gasteiger partial charge in [-0.2, -0.15) is 0 Å². The lowest BCUT2D eigenvalue weighted by molar-refractivity contribution is 0.530. The summed E-state index contributed by atoms with van der Waals surface area (Å²) >= 11 is 0. The minimum atomic E-state index is 1.08. The van der Waals surface area contributed by atoms with Gasteiger partial charge < -0.3 is 10.6 Å². The Morgan fingerprint density at radius 1 is 0.288 bits per heavy atom. The molecule has 0 unspecified atom stereocenters. The third-order valence-electron chi connectivity index (χ3n) is 11.0. The molecule has 2 N–H and O–H groups in total. The van der Waals surface area contributed by atoms with Crippen LogP contribution in [0.2, 0.25) is 0 Å². The van der Waals surface area contributed by atoms with Crippen LogP contribution in [0.3, 0.4) is 0 Å². The first-order valence-electron chi connectivity index (χ1n) is 23.2. The molecule has 0 radical (unpaired) electrons. The Hall–Kier alpha value is -2.22. The Morgan fingerprint density at radius 3 is 0.731 bits per heavy atom. The zero-order chi connectivity index (χ0) is 36.8. The summed E-state index contributed by atoms with van der Waals surface area (Å²) in [4.78, 5) is 0. The van der Waals surface area contributed by atoms with Crippen molar-refractivity contribution in [2.75, 3.05) is 23.7 Å². The molecule has 0 amide bonds. The van der Waals surface area contributed by atoms with Crippen LogP contribution in [-0.4, -0.2) is 13.1 Å². The van der Waals surface area contributed by atoms with Crippen LogP contribution in [0, 0.1) is 0 Å². The van der Waals surface area contributed by atoms with E-state index in [1.165, 1.54) is 228 Å². The molecule has 0 saturated heterocycles. The lowest BCUT2D eigenvalue weighted by Crippen LogP contribution is -2.01. The van der Waals surface area contributed by atoms with Crippen molar-refractivity contribution < 1.29 is 0 Å². The Balaban J connectivity index is 1.38. The van der Waals surface area contributed by atoms with Gasteiger partial charge >= 0.3 is 0 Å². The summed E-state index contributed by atoms with van der Waals surface area (Å²) in [5.74, 6) is 0. The van der Waals surface area contributed by atoms with Crippen molar-refractivity contribution in [3.63, 3.8) is 0 Å². The van der Waals surface area contributed by atoms with Crippen LogP contribution >= 0.6 is 0 Å². The molecule has 52 heavy (non-hydrogen) atoms. The maximum Gasteiger partial charge on any atom is 0.0340 e. The highest BCUT2D eigenvalue weighted by Crippen LogP contribution is 2.18. The summed E-state index contributed by atoms with van der Waals surface area (Å²) in [6.07, 6.45) is 49.9. The smallest absolute Gasteiger partial charge is 0.0340 e. The Labute approximate surface area is 325 Å². The van der Waals surface area contributed by atoms with Crippen LogP contribution in [0.5, 0.6) is 0 Å². The van der Waals surface area contributed by atoms with E-state index in [0.717, 1.165) is 13.1 Å². The first-order valence-corrected chi connectivity index (χ1v) is 23.2. The average Bonchev–Trinajstić information content (AvgIpc) is 3.17. The van der Waals surface area contributed by atoms with E-state index >= 15 is 0 Å². The quantitative estimate of drug-likeness (QED) is 0.0534. The molecular weight excluding hydrogens is 629 g/mol. The topological polar surface area (TPSA) is 24.1 Å². The van der Waals surface area contributed by atoms with Crippen molar-refractivity contribution in [1.29, 1.82) is 0 Å². The largest absolute Gasteiger partial charge is 0.385 e. The van der Waals surface area contributed by atoms with Crippen molar-refractivity contribution in [1.82, 2.24) is 0 Å². The van der Waals surface area contributed by atoms with Crippen molar-refractivity contribution in [3.05, 3.63) is 59.7 Å². The fraction of sp³-hybridized carbons (Fsp3) is 0.720. The van der Waals surface area contributed by atoms with Gasteiger partial charge in [0.25, 0.3) is 0 Å². The maximum atomic E-state index is 3.62. The number of benzene rings is 2. The van der Waals surface area contributed by atoms with Crippen LogP contribution in [0.1, 0.15) is 230 Å². The summed E-state index contributed by atoms with van der Waals surface area (Å²) in [6, 6.07) is 17.8. The molecular formula is C50H86N2. The van der Waals surface area contributed by atoms with Gasteiger partial charge in [-0.1, -0.05) is 243 Å². The van der Waals surface area contributed by atoms with Crippen LogP contribution in [0.25, 0.3) is 12.2 Å². The van der Waals surface area contributed by atoms with E-state index in [1.807, 2.05) is 0 Å². The Bertz CT molecular complexity index is 940. The molecule has 2 nitrogen and oxygen atoms in total. The second-order valence-electron chi connectivity index (χ2n) is 16.0. The highest BCUT2D eigenvalue weighted by Gasteiger charge is 1.98. The highest BCUT2D eigenvalue weighted by atomic mass is 14.9. The predicted octanol–water partition coefficient (Wildman–Crippen LogP) is 17.2. The van der Waals surface area contributed by atoms with E-state index in [0.29, 0.717) is 0 Å². The first-order chi connectivity index (χ1) is 25.8. The van der Waals surface area contributed by atoms with Gasteiger partial charge in [-0.3, -0.25) is 0 Å². The van der Waals surface area contributed by atoms with Crippen molar-refractivity contribution in [2.24, 2.45) is 0 Å². The first kappa shape index (κ1) is 45.9. The zero-order valence-corrected chi connectivity index (χ0v) is 34.8. The van der Waals surface area contributed by atoms with Gasteiger partial charge in [0.2, 0.25) is 0 Å². The minimum absolute atomic E-state index is 1.08. The monoisotopic (exact) mass is 715 g/mol. The van der Waals surface area contributed by atoms with E-state index in [9.17, 15) is 0 Å². The third-order valence-corrected chi connectivity index (χ3v) is 11.0. The number of anilines is 2. The van der Waals surface area contributed by atoms with Gasteiger partial charge in [0.05, 0.1) is 0 Å². The van der Waals surface area contributed by atoms with E-state index in [-0.39, 0.29) is 0 Å². The van der Waals surface area contributed by atoms with E-state index in [4.69, 9.17) is 0 Å². The molecule has 0 aliphatic carbocycles. The Kier molecular flexibility index (Phi) is 31.6. The van der Waals surface area contributed by atoms with Gasteiger partial charge in [0.15, 0.2) is 0 Å². The fourth-order valence-electron chi connectivity index (χ4n) is 7.43. The van der Waals surface area contributed by atoms with Crippen LogP contribution < -0.4 is 10.6 Å². The number of rotatable bonds is 38. The molecule has 0 saturated carbocycles. The molecule has 296 valence electrons. The molecule has 0 heterocycles. The summed E-state index contributed by atoms with van der Waals surface area (Å²) in [5, 5.41) is 7.24. The van der Waals surface area contributed by atoms with Gasteiger partial charge in [-0.25, -0.2) is 0 Å². The lowest BCUT2D eigenvalue weighted by Gasteiger charge is -2.07. The van der Waals surface area contributed by atoms with Gasteiger partial charge in [-0.15, -0.1) is 0 Å². The van der Waals surface area contributed by atoms with Crippen molar-refractivity contribution >= 4 is 23.5 Å². The molecule has 0 aliphatic rings. The summed E-state index contributed by atoms with van der Waals surface area (Å²) in [7, 11) is 0. The second kappa shape index (κ2) is 35.8. The Morgan fingerprint density at radius 2 is 0.500 bits per heavy atom. The molecule has 0 fully saturated rings. The third kappa shape index (κ3) is 28.3. The number of nitrogens with one attached hydrogen (secondary N) is 2. The molecule has 0 aliphatic heterocycles. The van der Waals surface area contributed by atoms with E-state index < -0.39 is 0 Å². The van der Waals surface area contributed by atoms with Crippen LogP contribution in [0.15, 0.2) is 48.5 Å². The minimum Gasteiger partial charge on any atom is -0.385 e. The van der Waals surface area contributed by atoms with Gasteiger partial charge in [-0.05, 0) is 48.2 Å². The van der Waals surface area contributed by atoms with Gasteiger partial charge in [0, 0.05) is 24.5 Å². The highest BCUT2D eigenvalue weighted by molar-refractivity contribution is 5.71. The maximum absolute atomic E-state index is 3.62. The molecule has 2 aromatic rings. The van der Waals surface area contributed by atoms with Crippen LogP contribution in [0.4, 0.5) is 11.4 Å². The standard InChI is InChI=1S/C50H86N2/c1-3-5-7-9-11-13-15-17-19-21-23-25-27-29-31-33-45-51-49-41-37-47(38-42-49)35-36-48-39-43-50(44-40-48)52-46-34-32-30-28-26-24-22-20-18-16-14-12-10-8-6-4-2/h35-44,51-52H,3-34,45-46H2,1-2H3. The van der Waals surface area contributed by atoms with E-state index in [2.05, 4.69) is 85.2 Å². The molecule has 0 spiro atoms. The zero-order valence-electron chi connectivity index (χ0n) is 34.8. The second-order valence-corrected chi connectivity index (χ2v) is 16.0.